The van der Waals surface area contributed by atoms with E-state index in [0.29, 0.717) is 23.1 Å². The fraction of sp³-hybridized carbons (Fsp3) is 1.00. The molecule has 0 aromatic heterocycles. The summed E-state index contributed by atoms with van der Waals surface area (Å²) >= 11 is 0. The standard InChI is InChI=1S/C13H28N4S2/c1-10-7-9-17(11(2)6-8-16(10)5)13-14-12(15(3)4)18-19-13/h10-14H,6-9H2,1-5H3. The number of hydrogen-bond donors (Lipinski definition) is 1. The van der Waals surface area contributed by atoms with Crippen LogP contribution in [0.1, 0.15) is 26.7 Å². The van der Waals surface area contributed by atoms with Crippen LogP contribution < -0.4 is 5.32 Å². The summed E-state index contributed by atoms with van der Waals surface area (Å²) in [5.41, 5.74) is 0.899. The van der Waals surface area contributed by atoms with Gasteiger partial charge in [0.15, 0.2) is 0 Å². The van der Waals surface area contributed by atoms with Crippen molar-refractivity contribution in [2.75, 3.05) is 34.2 Å². The lowest BCUT2D eigenvalue weighted by Crippen LogP contribution is -2.52. The maximum absolute atomic E-state index is 3.73. The topological polar surface area (TPSA) is 21.8 Å². The van der Waals surface area contributed by atoms with E-state index in [9.17, 15) is 0 Å². The van der Waals surface area contributed by atoms with Gasteiger partial charge in [-0.1, -0.05) is 21.6 Å². The Morgan fingerprint density at radius 2 is 1.74 bits per heavy atom. The van der Waals surface area contributed by atoms with Crippen LogP contribution in [0.2, 0.25) is 0 Å². The Kier molecular flexibility index (Phi) is 5.87. The minimum Gasteiger partial charge on any atom is -0.304 e. The van der Waals surface area contributed by atoms with Gasteiger partial charge in [-0.15, -0.1) is 0 Å². The fourth-order valence-electron chi connectivity index (χ4n) is 2.57. The Morgan fingerprint density at radius 1 is 1.05 bits per heavy atom. The van der Waals surface area contributed by atoms with Gasteiger partial charge in [0.25, 0.3) is 0 Å². The summed E-state index contributed by atoms with van der Waals surface area (Å²) < 4.78 is 0. The Balaban J connectivity index is 1.95. The van der Waals surface area contributed by atoms with Crippen molar-refractivity contribution < 1.29 is 0 Å². The molecule has 4 atom stereocenters. The van der Waals surface area contributed by atoms with Gasteiger partial charge in [-0.2, -0.15) is 0 Å². The summed E-state index contributed by atoms with van der Waals surface area (Å²) in [6.45, 7) is 7.12. The number of nitrogens with zero attached hydrogens (tertiary/aromatic N) is 3. The van der Waals surface area contributed by atoms with Crippen molar-refractivity contribution in [2.45, 2.75) is 49.8 Å². The second-order valence-electron chi connectivity index (χ2n) is 6.02. The van der Waals surface area contributed by atoms with Crippen molar-refractivity contribution in [3.63, 3.8) is 0 Å². The van der Waals surface area contributed by atoms with Crippen molar-refractivity contribution in [3.05, 3.63) is 0 Å². The van der Waals surface area contributed by atoms with Crippen molar-refractivity contribution in [3.8, 4) is 0 Å². The largest absolute Gasteiger partial charge is 0.304 e. The third-order valence-corrected chi connectivity index (χ3v) is 7.18. The first-order valence-electron chi connectivity index (χ1n) is 7.19. The van der Waals surface area contributed by atoms with Crippen molar-refractivity contribution in [1.29, 1.82) is 0 Å². The van der Waals surface area contributed by atoms with Gasteiger partial charge in [0.2, 0.25) is 0 Å². The molecule has 19 heavy (non-hydrogen) atoms. The molecule has 6 heteroatoms. The highest BCUT2D eigenvalue weighted by atomic mass is 33.1. The first-order chi connectivity index (χ1) is 8.99. The molecule has 2 aliphatic heterocycles. The molecular formula is C13H28N4S2. The highest BCUT2D eigenvalue weighted by molar-refractivity contribution is 8.77. The lowest BCUT2D eigenvalue weighted by atomic mass is 10.1. The maximum atomic E-state index is 3.73. The van der Waals surface area contributed by atoms with Gasteiger partial charge >= 0.3 is 0 Å². The van der Waals surface area contributed by atoms with Gasteiger partial charge in [0.1, 0.15) is 11.0 Å². The molecule has 2 rings (SSSR count). The summed E-state index contributed by atoms with van der Waals surface area (Å²) in [7, 11) is 10.5. The molecule has 0 bridgehead atoms. The molecule has 2 fully saturated rings. The van der Waals surface area contributed by atoms with Crippen LogP contribution in [0.5, 0.6) is 0 Å². The SMILES string of the molecule is CC1CCN(C2NC(N(C)C)SS2)C(C)CCN1C. The third-order valence-electron chi connectivity index (χ3n) is 4.32. The number of nitrogens with one attached hydrogen (secondary N) is 1. The minimum absolute atomic E-state index is 0.438. The second kappa shape index (κ2) is 7.00. The molecule has 2 heterocycles. The molecule has 2 saturated heterocycles. The Bertz CT molecular complexity index is 290. The molecule has 0 aromatic carbocycles. The van der Waals surface area contributed by atoms with Gasteiger partial charge in [-0.3, -0.25) is 15.1 Å². The predicted octanol–water partition coefficient (Wildman–Crippen LogP) is 1.90. The third kappa shape index (κ3) is 4.02. The van der Waals surface area contributed by atoms with Gasteiger partial charge in [0, 0.05) is 18.6 Å². The van der Waals surface area contributed by atoms with Crippen LogP contribution in [-0.4, -0.2) is 72.0 Å². The molecule has 112 valence electrons. The Morgan fingerprint density at radius 3 is 2.37 bits per heavy atom. The molecule has 1 N–H and O–H groups in total. The summed E-state index contributed by atoms with van der Waals surface area (Å²) in [5, 5.41) is 3.73. The van der Waals surface area contributed by atoms with Gasteiger partial charge in [-0.25, -0.2) is 0 Å². The summed E-state index contributed by atoms with van der Waals surface area (Å²) in [6, 6.07) is 1.35. The van der Waals surface area contributed by atoms with E-state index in [1.165, 1.54) is 25.9 Å². The molecule has 2 aliphatic rings. The van der Waals surface area contributed by atoms with Crippen LogP contribution in [-0.2, 0) is 0 Å². The van der Waals surface area contributed by atoms with Gasteiger partial charge in [-0.05, 0) is 54.4 Å². The first kappa shape index (κ1) is 15.9. The lowest BCUT2D eigenvalue weighted by Gasteiger charge is -2.39. The van der Waals surface area contributed by atoms with E-state index in [2.05, 4.69) is 55.0 Å². The molecule has 0 saturated carbocycles. The lowest BCUT2D eigenvalue weighted by molar-refractivity contribution is 0.0974. The highest BCUT2D eigenvalue weighted by Gasteiger charge is 2.34. The average Bonchev–Trinajstić information content (AvgIpc) is 2.84. The van der Waals surface area contributed by atoms with Gasteiger partial charge in [0.05, 0.1) is 0 Å². The molecule has 4 unspecified atom stereocenters. The predicted molar refractivity (Wildman–Crippen MR) is 87.1 cm³/mol. The van der Waals surface area contributed by atoms with Crippen LogP contribution in [0.3, 0.4) is 0 Å². The highest BCUT2D eigenvalue weighted by Crippen LogP contribution is 2.39. The zero-order valence-corrected chi connectivity index (χ0v) is 14.4. The monoisotopic (exact) mass is 304 g/mol. The zero-order valence-electron chi connectivity index (χ0n) is 12.8. The van der Waals surface area contributed by atoms with Gasteiger partial charge < -0.3 is 4.90 Å². The van der Waals surface area contributed by atoms with Crippen LogP contribution in [0, 0.1) is 0 Å². The number of rotatable bonds is 2. The Labute approximate surface area is 126 Å². The van der Waals surface area contributed by atoms with E-state index in [-0.39, 0.29) is 0 Å². The quantitative estimate of drug-likeness (QED) is 0.781. The number of hydrogen-bond acceptors (Lipinski definition) is 6. The first-order valence-corrected chi connectivity index (χ1v) is 9.47. The molecule has 4 nitrogen and oxygen atoms in total. The molecule has 0 amide bonds. The molecule has 0 spiro atoms. The molecule has 0 aliphatic carbocycles. The Hall–Kier alpha value is 0.540. The van der Waals surface area contributed by atoms with Crippen LogP contribution >= 0.6 is 21.6 Å². The summed E-state index contributed by atoms with van der Waals surface area (Å²) in [4.78, 5) is 7.41. The van der Waals surface area contributed by atoms with Crippen LogP contribution in [0.4, 0.5) is 0 Å². The molecule has 0 radical (unpaired) electrons. The second-order valence-corrected chi connectivity index (χ2v) is 8.45. The van der Waals surface area contributed by atoms with Crippen LogP contribution in [0.25, 0.3) is 0 Å². The molecule has 0 aromatic rings. The zero-order chi connectivity index (χ0) is 14.0. The van der Waals surface area contributed by atoms with E-state index < -0.39 is 0 Å². The normalized spacial score (nSPS) is 39.5. The van der Waals surface area contributed by atoms with E-state index >= 15 is 0 Å². The summed E-state index contributed by atoms with van der Waals surface area (Å²) in [6.07, 6.45) is 2.52. The van der Waals surface area contributed by atoms with Crippen molar-refractivity contribution >= 4 is 21.6 Å². The minimum atomic E-state index is 0.438. The van der Waals surface area contributed by atoms with E-state index in [4.69, 9.17) is 0 Å². The van der Waals surface area contributed by atoms with E-state index in [1.807, 2.05) is 21.6 Å². The van der Waals surface area contributed by atoms with Crippen LogP contribution in [0.15, 0.2) is 0 Å². The maximum Gasteiger partial charge on any atom is 0.120 e. The van der Waals surface area contributed by atoms with Crippen molar-refractivity contribution in [2.24, 2.45) is 0 Å². The summed E-state index contributed by atoms with van der Waals surface area (Å²) in [5.74, 6) is 0. The van der Waals surface area contributed by atoms with E-state index in [1.54, 1.807) is 0 Å². The smallest absolute Gasteiger partial charge is 0.120 e. The van der Waals surface area contributed by atoms with Crippen molar-refractivity contribution in [1.82, 2.24) is 20.0 Å². The molecular weight excluding hydrogens is 276 g/mol. The van der Waals surface area contributed by atoms with E-state index in [0.717, 1.165) is 0 Å². The average molecular weight is 305 g/mol. The fourth-order valence-corrected chi connectivity index (χ4v) is 5.64.